The fourth-order valence-electron chi connectivity index (χ4n) is 2.77. The number of hydrogen-bond donors (Lipinski definition) is 1. The molecule has 0 saturated heterocycles. The lowest BCUT2D eigenvalue weighted by atomic mass is 10.3. The van der Waals surface area contributed by atoms with E-state index in [1.54, 1.807) is 5.32 Å². The van der Waals surface area contributed by atoms with Gasteiger partial charge in [-0.1, -0.05) is 11.6 Å². The van der Waals surface area contributed by atoms with Crippen LogP contribution in [0.5, 0.6) is 0 Å². The van der Waals surface area contributed by atoms with E-state index in [4.69, 9.17) is 11.6 Å². The molecule has 0 aliphatic heterocycles. The van der Waals surface area contributed by atoms with Crippen molar-refractivity contribution in [1.82, 2.24) is 0 Å². The summed E-state index contributed by atoms with van der Waals surface area (Å²) in [7, 11) is -15.9. The number of sulfone groups is 2. The van der Waals surface area contributed by atoms with Crippen LogP contribution in [0.1, 0.15) is 0 Å². The smallest absolute Gasteiger partial charge is 0.324 e. The summed E-state index contributed by atoms with van der Waals surface area (Å²) in [5.41, 5.74) is -8.24. The zero-order valence-corrected chi connectivity index (χ0v) is 22.5. The molecule has 2 rings (SSSR count). The highest BCUT2D eigenvalue weighted by Gasteiger charge is 2.78. The van der Waals surface area contributed by atoms with Crippen molar-refractivity contribution < 1.29 is 74.7 Å². The van der Waals surface area contributed by atoms with Gasteiger partial charge in [0.25, 0.3) is 25.4 Å². The fourth-order valence-corrected chi connectivity index (χ4v) is 6.03. The molecular weight excluding hydrogens is 694 g/mol. The number of anilines is 1. The first-order chi connectivity index (χ1) is 18.7. The summed E-state index contributed by atoms with van der Waals surface area (Å²) >= 11 is 5.68. The van der Waals surface area contributed by atoms with Crippen LogP contribution in [0.15, 0.2) is 51.1 Å². The number of carbonyl (C=O) groups is 1. The Bertz CT molecular complexity index is 1680. The van der Waals surface area contributed by atoms with E-state index in [1.807, 2.05) is 0 Å². The molecular formula is C18H9ClF10N2O8S3. The number of carbonyl (C=O) groups excluding carboxylic acids is 1. The first-order valence-corrected chi connectivity index (χ1v) is 14.5. The maximum Gasteiger partial charge on any atom is 0.501 e. The normalized spacial score (nSPS) is 14.4. The minimum atomic E-state index is -7.16. The number of rotatable bonds is 9. The van der Waals surface area contributed by atoms with Crippen LogP contribution in [-0.4, -0.2) is 60.5 Å². The average Bonchev–Trinajstić information content (AvgIpc) is 2.83. The molecule has 10 nitrogen and oxygen atoms in total. The molecule has 0 spiro atoms. The molecule has 1 N–H and O–H groups in total. The van der Waals surface area contributed by atoms with Crippen molar-refractivity contribution >= 4 is 59.4 Å². The highest BCUT2D eigenvalue weighted by molar-refractivity contribution is 7.92. The van der Waals surface area contributed by atoms with E-state index in [0.717, 1.165) is 0 Å². The third kappa shape index (κ3) is 6.32. The maximum absolute atomic E-state index is 13.9. The average molecular weight is 703 g/mol. The van der Waals surface area contributed by atoms with E-state index in [1.165, 1.54) is 0 Å². The van der Waals surface area contributed by atoms with Crippen LogP contribution >= 0.6 is 11.6 Å². The molecule has 0 heterocycles. The number of nitrogens with zero attached hydrogens (tertiary/aromatic N) is 1. The molecule has 0 radical (unpaired) electrons. The van der Waals surface area contributed by atoms with E-state index < -0.39 is 107 Å². The first kappa shape index (κ1) is 35.1. The summed E-state index contributed by atoms with van der Waals surface area (Å²) in [6.45, 7) is 0. The molecule has 0 aromatic heterocycles. The molecule has 2 aromatic rings. The molecule has 0 saturated carbocycles. The van der Waals surface area contributed by atoms with Crippen LogP contribution in [0.4, 0.5) is 55.3 Å². The summed E-state index contributed by atoms with van der Waals surface area (Å²) in [5, 5.41) is 5.67. The van der Waals surface area contributed by atoms with Gasteiger partial charge in [-0.05, 0) is 30.3 Å². The molecule has 2 aromatic carbocycles. The highest BCUT2D eigenvalue weighted by atomic mass is 35.5. The zero-order chi connectivity index (χ0) is 32.9. The second-order valence-electron chi connectivity index (χ2n) is 7.61. The number of nitro benzene ring substituents is 1. The van der Waals surface area contributed by atoms with Crippen LogP contribution in [0.25, 0.3) is 0 Å². The molecule has 42 heavy (non-hydrogen) atoms. The topological polar surface area (TPSA) is 158 Å². The largest absolute Gasteiger partial charge is 0.501 e. The summed E-state index contributed by atoms with van der Waals surface area (Å²) in [4.78, 5) is 17.3. The van der Waals surface area contributed by atoms with Crippen molar-refractivity contribution in [3.8, 4) is 0 Å². The monoisotopic (exact) mass is 702 g/mol. The van der Waals surface area contributed by atoms with Crippen LogP contribution in [0, 0.1) is 10.1 Å². The predicted molar refractivity (Wildman–Crippen MR) is 121 cm³/mol. The maximum atomic E-state index is 13.9. The lowest BCUT2D eigenvalue weighted by Gasteiger charge is -2.27. The van der Waals surface area contributed by atoms with Crippen molar-refractivity contribution in [3.63, 3.8) is 0 Å². The predicted octanol–water partition coefficient (Wildman–Crippen LogP) is 4.85. The van der Waals surface area contributed by atoms with Crippen molar-refractivity contribution in [3.05, 3.63) is 51.5 Å². The van der Waals surface area contributed by atoms with Crippen LogP contribution < -0.4 is 5.32 Å². The van der Waals surface area contributed by atoms with E-state index in [2.05, 4.69) is 0 Å². The Labute approximate surface area is 234 Å². The number of halogens is 11. The summed E-state index contributed by atoms with van der Waals surface area (Å²) in [6, 6.07) is 0.852. The van der Waals surface area contributed by atoms with Gasteiger partial charge in [-0.25, -0.2) is 16.8 Å². The molecule has 1 atom stereocenters. The second-order valence-corrected chi connectivity index (χ2v) is 13.4. The number of nitrogens with one attached hydrogen (secondary N) is 1. The van der Waals surface area contributed by atoms with Gasteiger partial charge in [-0.3, -0.25) is 19.1 Å². The van der Waals surface area contributed by atoms with Gasteiger partial charge in [0.15, 0.2) is 0 Å². The van der Waals surface area contributed by atoms with E-state index in [-0.39, 0.29) is 18.2 Å². The molecule has 0 aliphatic carbocycles. The lowest BCUT2D eigenvalue weighted by molar-refractivity contribution is -0.388. The Kier molecular flexibility index (Phi) is 9.39. The first-order valence-electron chi connectivity index (χ1n) is 9.84. The third-order valence-electron chi connectivity index (χ3n) is 4.83. The van der Waals surface area contributed by atoms with E-state index in [9.17, 15) is 79.9 Å². The van der Waals surface area contributed by atoms with Gasteiger partial charge in [0.2, 0.25) is 5.91 Å². The quantitative estimate of drug-likeness (QED) is 0.221. The van der Waals surface area contributed by atoms with Gasteiger partial charge in [0.1, 0.15) is 10.6 Å². The highest BCUT2D eigenvalue weighted by Crippen LogP contribution is 2.51. The van der Waals surface area contributed by atoms with E-state index in [0.29, 0.717) is 12.1 Å². The molecule has 1 unspecified atom stereocenters. The number of hydrogen-bond acceptors (Lipinski definition) is 8. The van der Waals surface area contributed by atoms with Gasteiger partial charge in [-0.15, -0.1) is 0 Å². The SMILES string of the molecule is O=C(CS(=O)c1ccc(S(=O)(=O)C(F)(F)C(F)(F)C(F)(F)F)cc1[N+](=O)[O-])Nc1cc(S(=O)(=O)C(F)(F)F)ccc1Cl. The molecule has 24 heteroatoms. The molecule has 0 fully saturated rings. The van der Waals surface area contributed by atoms with Crippen molar-refractivity contribution in [2.45, 2.75) is 37.5 Å². The van der Waals surface area contributed by atoms with Gasteiger partial charge in [0.05, 0.1) is 36.2 Å². The Balaban J connectivity index is 2.44. The summed E-state index contributed by atoms with van der Waals surface area (Å²) in [6.07, 6.45) is -7.08. The minimum Gasteiger partial charge on any atom is -0.324 e. The Morgan fingerprint density at radius 2 is 1.38 bits per heavy atom. The van der Waals surface area contributed by atoms with Crippen LogP contribution in [0.3, 0.4) is 0 Å². The second kappa shape index (κ2) is 11.2. The third-order valence-corrected chi connectivity index (χ3v) is 9.81. The van der Waals surface area contributed by atoms with Crippen LogP contribution in [-0.2, 0) is 35.3 Å². The van der Waals surface area contributed by atoms with Gasteiger partial charge in [0, 0.05) is 6.07 Å². The standard InChI is InChI=1S/C18H9ClF10N2O8S3/c19-10-3-1-8(42(38,39)18(27,28)29)5-11(10)30-14(32)7-40(35)13-4-2-9(6-12(13)31(33)34)41(36,37)17(25,26)15(20,21)16(22,23)24/h1-6H,7H2,(H,30,32). The lowest BCUT2D eigenvalue weighted by Crippen LogP contribution is -2.55. The Morgan fingerprint density at radius 1 is 0.881 bits per heavy atom. The van der Waals surface area contributed by atoms with Crippen molar-refractivity contribution in [2.24, 2.45) is 0 Å². The number of alkyl halides is 10. The number of nitro groups is 1. The molecule has 1 amide bonds. The van der Waals surface area contributed by atoms with Crippen molar-refractivity contribution in [1.29, 1.82) is 0 Å². The Morgan fingerprint density at radius 3 is 1.86 bits per heavy atom. The molecule has 0 aliphatic rings. The number of benzene rings is 2. The minimum absolute atomic E-state index is 0.0969. The Hall–Kier alpha value is -3.05. The van der Waals surface area contributed by atoms with Gasteiger partial charge >= 0.3 is 22.9 Å². The molecule has 234 valence electrons. The van der Waals surface area contributed by atoms with E-state index >= 15 is 0 Å². The van der Waals surface area contributed by atoms with Gasteiger partial charge < -0.3 is 5.32 Å². The van der Waals surface area contributed by atoms with Gasteiger partial charge in [-0.2, -0.15) is 43.9 Å². The van der Waals surface area contributed by atoms with Crippen LogP contribution in [0.2, 0.25) is 5.02 Å². The summed E-state index contributed by atoms with van der Waals surface area (Å²) < 4.78 is 190. The zero-order valence-electron chi connectivity index (χ0n) is 19.3. The van der Waals surface area contributed by atoms with Crippen molar-refractivity contribution in [2.75, 3.05) is 11.1 Å². The summed E-state index contributed by atoms with van der Waals surface area (Å²) in [5.74, 6) is -10.0. The number of amides is 1. The molecule has 0 bridgehead atoms. The fraction of sp³-hybridized carbons (Fsp3) is 0.278.